The molecule has 5 rings (SSSR count). The molecule has 0 saturated heterocycles. The Morgan fingerprint density at radius 3 is 2.41 bits per heavy atom. The first-order chi connectivity index (χ1) is 13.0. The van der Waals surface area contributed by atoms with E-state index < -0.39 is 0 Å². The van der Waals surface area contributed by atoms with Gasteiger partial charge in [0, 0.05) is 28.4 Å². The Bertz CT molecular complexity index is 1060. The molecule has 0 aliphatic carbocycles. The first-order valence-corrected chi connectivity index (χ1v) is 9.49. The Kier molecular flexibility index (Phi) is 3.45. The highest BCUT2D eigenvalue weighted by atomic mass is 16.5. The Morgan fingerprint density at radius 2 is 1.59 bits per heavy atom. The zero-order valence-corrected chi connectivity index (χ0v) is 15.9. The quantitative estimate of drug-likeness (QED) is 0.543. The molecule has 0 aromatic heterocycles. The molecule has 2 heteroatoms. The van der Waals surface area contributed by atoms with Gasteiger partial charge in [-0.3, -0.25) is 0 Å². The van der Waals surface area contributed by atoms with E-state index in [4.69, 9.17) is 4.74 Å². The molecule has 1 atom stereocenters. The number of hydrogen-bond acceptors (Lipinski definition) is 2. The summed E-state index contributed by atoms with van der Waals surface area (Å²) in [7, 11) is 0. The third-order valence-electron chi connectivity index (χ3n) is 5.46. The molecule has 0 amide bonds. The van der Waals surface area contributed by atoms with Crippen molar-refractivity contribution in [1.29, 1.82) is 0 Å². The summed E-state index contributed by atoms with van der Waals surface area (Å²) in [5, 5.41) is 3.64. The van der Waals surface area contributed by atoms with Gasteiger partial charge in [0.2, 0.25) is 0 Å². The third-order valence-corrected chi connectivity index (χ3v) is 5.46. The SMILES string of the molecule is CC1=CC(C)(C)Nc2cc3c(cc21)-c1ccccc1C(c1ccccc1)O3. The van der Waals surface area contributed by atoms with Crippen LogP contribution in [-0.2, 0) is 0 Å². The highest BCUT2D eigenvalue weighted by Gasteiger charge is 2.30. The van der Waals surface area contributed by atoms with Crippen molar-refractivity contribution >= 4 is 11.3 Å². The van der Waals surface area contributed by atoms with Crippen molar-refractivity contribution in [2.24, 2.45) is 0 Å². The van der Waals surface area contributed by atoms with Crippen LogP contribution in [0.1, 0.15) is 43.6 Å². The van der Waals surface area contributed by atoms with Crippen LogP contribution in [0.15, 0.2) is 72.8 Å². The molecule has 0 fully saturated rings. The standard InChI is InChI=1S/C25H23NO/c1-16-15-25(2,3)26-22-14-23-21(13-20(16)22)18-11-7-8-12-19(18)24(27-23)17-9-5-4-6-10-17/h4-15,24,26H,1-3H3. The molecular weight excluding hydrogens is 330 g/mol. The first kappa shape index (κ1) is 16.2. The van der Waals surface area contributed by atoms with E-state index in [1.807, 2.05) is 6.07 Å². The number of anilines is 1. The molecule has 0 bridgehead atoms. The van der Waals surface area contributed by atoms with Crippen molar-refractivity contribution in [3.63, 3.8) is 0 Å². The van der Waals surface area contributed by atoms with Crippen LogP contribution in [0.25, 0.3) is 16.7 Å². The minimum absolute atomic E-state index is 0.0588. The van der Waals surface area contributed by atoms with Crippen molar-refractivity contribution in [1.82, 2.24) is 0 Å². The fourth-order valence-electron chi connectivity index (χ4n) is 4.36. The molecule has 2 nitrogen and oxygen atoms in total. The van der Waals surface area contributed by atoms with Crippen LogP contribution < -0.4 is 10.1 Å². The molecule has 0 saturated carbocycles. The molecule has 1 unspecified atom stereocenters. The molecular formula is C25H23NO. The summed E-state index contributed by atoms with van der Waals surface area (Å²) in [5.41, 5.74) is 8.48. The van der Waals surface area contributed by atoms with E-state index >= 15 is 0 Å². The van der Waals surface area contributed by atoms with E-state index in [-0.39, 0.29) is 11.6 Å². The number of benzene rings is 3. The normalized spacial score (nSPS) is 18.9. The summed E-state index contributed by atoms with van der Waals surface area (Å²) in [6, 6.07) is 23.5. The van der Waals surface area contributed by atoms with Crippen LogP contribution in [0.5, 0.6) is 5.75 Å². The summed E-state index contributed by atoms with van der Waals surface area (Å²) < 4.78 is 6.55. The van der Waals surface area contributed by atoms with E-state index in [1.54, 1.807) is 0 Å². The van der Waals surface area contributed by atoms with Crippen molar-refractivity contribution in [2.75, 3.05) is 5.32 Å². The number of ether oxygens (including phenoxy) is 1. The number of rotatable bonds is 1. The Labute approximate surface area is 160 Å². The lowest BCUT2D eigenvalue weighted by molar-refractivity contribution is 0.243. The van der Waals surface area contributed by atoms with Gasteiger partial charge in [0.25, 0.3) is 0 Å². The number of fused-ring (bicyclic) bond motifs is 4. The summed E-state index contributed by atoms with van der Waals surface area (Å²) in [6.45, 7) is 6.58. The first-order valence-electron chi connectivity index (χ1n) is 9.49. The molecule has 3 aromatic rings. The summed E-state index contributed by atoms with van der Waals surface area (Å²) in [4.78, 5) is 0. The Morgan fingerprint density at radius 1 is 0.852 bits per heavy atom. The lowest BCUT2D eigenvalue weighted by Crippen LogP contribution is -2.31. The second kappa shape index (κ2) is 5.75. The lowest BCUT2D eigenvalue weighted by atomic mass is 9.85. The van der Waals surface area contributed by atoms with E-state index in [0.29, 0.717) is 0 Å². The van der Waals surface area contributed by atoms with Gasteiger partial charge in [-0.25, -0.2) is 0 Å². The van der Waals surface area contributed by atoms with Crippen molar-refractivity contribution in [3.05, 3.63) is 89.5 Å². The second-order valence-corrected chi connectivity index (χ2v) is 8.06. The van der Waals surface area contributed by atoms with E-state index in [9.17, 15) is 0 Å². The van der Waals surface area contributed by atoms with E-state index in [0.717, 1.165) is 11.4 Å². The average molecular weight is 353 g/mol. The van der Waals surface area contributed by atoms with Crippen LogP contribution in [0, 0.1) is 0 Å². The predicted molar refractivity (Wildman–Crippen MR) is 112 cm³/mol. The zero-order chi connectivity index (χ0) is 18.6. The Hall–Kier alpha value is -3.00. The molecule has 134 valence electrons. The van der Waals surface area contributed by atoms with Crippen LogP contribution in [-0.4, -0.2) is 5.54 Å². The maximum absolute atomic E-state index is 6.55. The number of allylic oxidation sites excluding steroid dienone is 1. The van der Waals surface area contributed by atoms with E-state index in [1.165, 1.54) is 33.4 Å². The fourth-order valence-corrected chi connectivity index (χ4v) is 4.36. The van der Waals surface area contributed by atoms with Crippen molar-refractivity contribution < 1.29 is 4.74 Å². The minimum Gasteiger partial charge on any atom is -0.480 e. The van der Waals surface area contributed by atoms with Gasteiger partial charge < -0.3 is 10.1 Å². The smallest absolute Gasteiger partial charge is 0.149 e. The van der Waals surface area contributed by atoms with Gasteiger partial charge in [-0.2, -0.15) is 0 Å². The van der Waals surface area contributed by atoms with Crippen LogP contribution >= 0.6 is 0 Å². The maximum atomic E-state index is 6.55. The van der Waals surface area contributed by atoms with Crippen LogP contribution in [0.2, 0.25) is 0 Å². The topological polar surface area (TPSA) is 21.3 Å². The van der Waals surface area contributed by atoms with Gasteiger partial charge >= 0.3 is 0 Å². The van der Waals surface area contributed by atoms with E-state index in [2.05, 4.69) is 92.8 Å². The largest absolute Gasteiger partial charge is 0.480 e. The average Bonchev–Trinajstić information content (AvgIpc) is 2.66. The summed E-state index contributed by atoms with van der Waals surface area (Å²) >= 11 is 0. The van der Waals surface area contributed by atoms with Gasteiger partial charge in [0.05, 0.1) is 5.54 Å². The zero-order valence-electron chi connectivity index (χ0n) is 15.9. The predicted octanol–water partition coefficient (Wildman–Crippen LogP) is 6.44. The highest BCUT2D eigenvalue weighted by molar-refractivity contribution is 5.88. The molecule has 0 spiro atoms. The van der Waals surface area contributed by atoms with Gasteiger partial charge in [-0.1, -0.05) is 60.7 Å². The van der Waals surface area contributed by atoms with Gasteiger partial charge in [0.1, 0.15) is 11.9 Å². The third kappa shape index (κ3) is 2.64. The minimum atomic E-state index is -0.0822. The lowest BCUT2D eigenvalue weighted by Gasteiger charge is -2.34. The second-order valence-electron chi connectivity index (χ2n) is 8.06. The monoisotopic (exact) mass is 353 g/mol. The number of nitrogens with one attached hydrogen (secondary N) is 1. The van der Waals surface area contributed by atoms with Gasteiger partial charge in [0.15, 0.2) is 0 Å². The van der Waals surface area contributed by atoms with Crippen molar-refractivity contribution in [3.8, 4) is 16.9 Å². The molecule has 1 N–H and O–H groups in total. The fraction of sp³-hybridized carbons (Fsp3) is 0.200. The molecule has 0 radical (unpaired) electrons. The Balaban J connectivity index is 1.71. The molecule has 2 aliphatic rings. The van der Waals surface area contributed by atoms with Gasteiger partial charge in [-0.15, -0.1) is 0 Å². The van der Waals surface area contributed by atoms with Gasteiger partial charge in [-0.05, 0) is 43.5 Å². The molecule has 2 heterocycles. The van der Waals surface area contributed by atoms with Crippen LogP contribution in [0.4, 0.5) is 5.69 Å². The number of hydrogen-bond donors (Lipinski definition) is 1. The molecule has 2 aliphatic heterocycles. The molecule has 3 aromatic carbocycles. The summed E-state index contributed by atoms with van der Waals surface area (Å²) in [6.07, 6.45) is 2.21. The van der Waals surface area contributed by atoms with Crippen molar-refractivity contribution in [2.45, 2.75) is 32.4 Å². The van der Waals surface area contributed by atoms with Crippen LogP contribution in [0.3, 0.4) is 0 Å². The maximum Gasteiger partial charge on any atom is 0.149 e. The highest BCUT2D eigenvalue weighted by Crippen LogP contribution is 2.48. The summed E-state index contributed by atoms with van der Waals surface area (Å²) in [5.74, 6) is 0.944. The molecule has 27 heavy (non-hydrogen) atoms.